The van der Waals surface area contributed by atoms with Crippen molar-refractivity contribution in [3.63, 3.8) is 0 Å². The van der Waals surface area contributed by atoms with Crippen LogP contribution < -0.4 is 10.0 Å². The average molecular weight is 436 g/mol. The van der Waals surface area contributed by atoms with Crippen LogP contribution in [0, 0.1) is 10.1 Å². The largest absolute Gasteiger partial charge is 0.324 e. The summed E-state index contributed by atoms with van der Waals surface area (Å²) in [4.78, 5) is 22.0. The van der Waals surface area contributed by atoms with Crippen molar-refractivity contribution < 1.29 is 18.1 Å². The van der Waals surface area contributed by atoms with Gasteiger partial charge in [0.05, 0.1) is 9.82 Å². The van der Waals surface area contributed by atoms with Gasteiger partial charge in [0.2, 0.25) is 5.91 Å². The number of nitro groups is 1. The minimum atomic E-state index is -3.81. The summed E-state index contributed by atoms with van der Waals surface area (Å²) in [5.41, 5.74) is 0.503. The molecule has 3 rings (SSSR count). The Morgan fingerprint density at radius 2 is 1.72 bits per heavy atom. The van der Waals surface area contributed by atoms with E-state index in [1.54, 1.807) is 12.1 Å². The third-order valence-electron chi connectivity index (χ3n) is 3.68. The summed E-state index contributed by atoms with van der Waals surface area (Å²) in [7, 11) is -3.81. The van der Waals surface area contributed by atoms with E-state index in [0.717, 1.165) is 17.1 Å². The molecule has 0 saturated heterocycles. The number of nitrogens with one attached hydrogen (secondary N) is 2. The van der Waals surface area contributed by atoms with Crippen LogP contribution in [-0.4, -0.2) is 29.0 Å². The van der Waals surface area contributed by atoms with Gasteiger partial charge >= 0.3 is 5.69 Å². The van der Waals surface area contributed by atoms with Crippen molar-refractivity contribution >= 4 is 44.6 Å². The predicted octanol–water partition coefficient (Wildman–Crippen LogP) is 2.88. The van der Waals surface area contributed by atoms with Gasteiger partial charge in [-0.3, -0.25) is 24.3 Å². The zero-order chi connectivity index (χ0) is 21.0. The Balaban J connectivity index is 1.63. The Morgan fingerprint density at radius 1 is 1.10 bits per heavy atom. The van der Waals surface area contributed by atoms with E-state index >= 15 is 0 Å². The Morgan fingerprint density at radius 3 is 2.31 bits per heavy atom. The highest BCUT2D eigenvalue weighted by Gasteiger charge is 2.15. The van der Waals surface area contributed by atoms with Crippen LogP contribution in [0.1, 0.15) is 0 Å². The van der Waals surface area contributed by atoms with Crippen molar-refractivity contribution in [3.8, 4) is 0 Å². The molecule has 29 heavy (non-hydrogen) atoms. The van der Waals surface area contributed by atoms with E-state index in [1.807, 2.05) is 0 Å². The lowest BCUT2D eigenvalue weighted by atomic mass is 10.3. The topological polar surface area (TPSA) is 136 Å². The zero-order valence-electron chi connectivity index (χ0n) is 14.6. The fourth-order valence-electron chi connectivity index (χ4n) is 2.33. The Labute approximate surface area is 170 Å². The van der Waals surface area contributed by atoms with Gasteiger partial charge in [-0.2, -0.15) is 5.10 Å². The van der Waals surface area contributed by atoms with Crippen molar-refractivity contribution in [1.29, 1.82) is 0 Å². The minimum Gasteiger partial charge on any atom is -0.324 e. The SMILES string of the molecule is O=C(Cn1cc([N+](=O)[O-])cn1)Nc1ccc(S(=O)(=O)Nc2ccc(Cl)cc2)cc1. The molecule has 0 fully saturated rings. The fraction of sp³-hybridized carbons (Fsp3) is 0.0588. The van der Waals surface area contributed by atoms with Crippen LogP contribution in [0.15, 0.2) is 65.8 Å². The Bertz CT molecular complexity index is 1140. The first-order valence-electron chi connectivity index (χ1n) is 8.08. The van der Waals surface area contributed by atoms with Gasteiger partial charge in [0, 0.05) is 16.4 Å². The molecule has 0 saturated carbocycles. The number of aromatic nitrogens is 2. The van der Waals surface area contributed by atoms with Gasteiger partial charge in [0.15, 0.2) is 0 Å². The molecule has 0 radical (unpaired) electrons. The third-order valence-corrected chi connectivity index (χ3v) is 5.33. The highest BCUT2D eigenvalue weighted by atomic mass is 35.5. The van der Waals surface area contributed by atoms with Gasteiger partial charge in [0.1, 0.15) is 18.9 Å². The van der Waals surface area contributed by atoms with E-state index in [2.05, 4.69) is 15.1 Å². The number of amides is 1. The summed E-state index contributed by atoms with van der Waals surface area (Å²) in [5, 5.41) is 17.4. The number of benzene rings is 2. The first-order chi connectivity index (χ1) is 13.7. The maximum absolute atomic E-state index is 12.4. The van der Waals surface area contributed by atoms with Crippen LogP contribution in [0.5, 0.6) is 0 Å². The number of halogens is 1. The summed E-state index contributed by atoms with van der Waals surface area (Å²) in [6.07, 6.45) is 2.18. The maximum Gasteiger partial charge on any atom is 0.307 e. The van der Waals surface area contributed by atoms with E-state index in [1.165, 1.54) is 36.4 Å². The lowest BCUT2D eigenvalue weighted by Gasteiger charge is -2.09. The lowest BCUT2D eigenvalue weighted by Crippen LogP contribution is -2.19. The van der Waals surface area contributed by atoms with Crippen LogP contribution in [0.4, 0.5) is 17.1 Å². The Hall–Kier alpha value is -3.44. The van der Waals surface area contributed by atoms with Gasteiger partial charge in [-0.15, -0.1) is 0 Å². The van der Waals surface area contributed by atoms with Crippen molar-refractivity contribution in [2.45, 2.75) is 11.4 Å². The first-order valence-corrected chi connectivity index (χ1v) is 9.94. The molecule has 0 aliphatic heterocycles. The summed E-state index contributed by atoms with van der Waals surface area (Å²) in [6, 6.07) is 11.7. The quantitative estimate of drug-likeness (QED) is 0.432. The summed E-state index contributed by atoms with van der Waals surface area (Å²) >= 11 is 5.78. The summed E-state index contributed by atoms with van der Waals surface area (Å²) < 4.78 is 28.4. The normalized spacial score (nSPS) is 11.1. The fourth-order valence-corrected chi connectivity index (χ4v) is 3.52. The molecule has 0 unspecified atom stereocenters. The summed E-state index contributed by atoms with van der Waals surface area (Å²) in [5.74, 6) is -0.474. The number of rotatable bonds is 7. The molecule has 0 aliphatic carbocycles. The maximum atomic E-state index is 12.4. The van der Waals surface area contributed by atoms with Crippen LogP contribution >= 0.6 is 11.6 Å². The van der Waals surface area contributed by atoms with Gasteiger partial charge in [-0.1, -0.05) is 11.6 Å². The second-order valence-corrected chi connectivity index (χ2v) is 7.96. The molecule has 0 spiro atoms. The van der Waals surface area contributed by atoms with Crippen molar-refractivity contribution in [2.75, 3.05) is 10.0 Å². The highest BCUT2D eigenvalue weighted by Crippen LogP contribution is 2.20. The molecule has 2 aromatic carbocycles. The number of carbonyl (C=O) groups excluding carboxylic acids is 1. The molecular formula is C17H14ClN5O5S. The molecule has 1 amide bonds. The molecule has 150 valence electrons. The molecular weight excluding hydrogens is 422 g/mol. The smallest absolute Gasteiger partial charge is 0.307 e. The molecule has 2 N–H and O–H groups in total. The van der Waals surface area contributed by atoms with Crippen LogP contribution in [-0.2, 0) is 21.4 Å². The highest BCUT2D eigenvalue weighted by molar-refractivity contribution is 7.92. The zero-order valence-corrected chi connectivity index (χ0v) is 16.2. The molecule has 10 nitrogen and oxygen atoms in total. The van der Waals surface area contributed by atoms with Crippen LogP contribution in [0.2, 0.25) is 5.02 Å². The van der Waals surface area contributed by atoms with Crippen molar-refractivity contribution in [2.24, 2.45) is 0 Å². The molecule has 1 heterocycles. The van der Waals surface area contributed by atoms with Gasteiger partial charge in [-0.05, 0) is 48.5 Å². The van der Waals surface area contributed by atoms with Gasteiger partial charge in [-0.25, -0.2) is 8.42 Å². The summed E-state index contributed by atoms with van der Waals surface area (Å²) in [6.45, 7) is -0.230. The van der Waals surface area contributed by atoms with E-state index < -0.39 is 20.9 Å². The second kappa shape index (κ2) is 8.29. The number of hydrogen-bond donors (Lipinski definition) is 2. The third kappa shape index (κ3) is 5.30. The number of carbonyl (C=O) groups is 1. The number of hydrogen-bond acceptors (Lipinski definition) is 6. The van der Waals surface area contributed by atoms with E-state index in [4.69, 9.17) is 11.6 Å². The minimum absolute atomic E-state index is 0.00755. The van der Waals surface area contributed by atoms with Crippen LogP contribution in [0.3, 0.4) is 0 Å². The number of anilines is 2. The molecule has 0 atom stereocenters. The number of sulfonamides is 1. The van der Waals surface area contributed by atoms with Gasteiger partial charge < -0.3 is 5.32 Å². The monoisotopic (exact) mass is 435 g/mol. The van der Waals surface area contributed by atoms with Gasteiger partial charge in [0.25, 0.3) is 10.0 Å². The van der Waals surface area contributed by atoms with Crippen molar-refractivity contribution in [3.05, 3.63) is 76.1 Å². The average Bonchev–Trinajstić information content (AvgIpc) is 3.12. The molecule has 0 bridgehead atoms. The van der Waals surface area contributed by atoms with E-state index in [-0.39, 0.29) is 17.1 Å². The first kappa shape index (κ1) is 20.3. The van der Waals surface area contributed by atoms with E-state index in [0.29, 0.717) is 16.4 Å². The molecule has 0 aliphatic rings. The molecule has 1 aromatic heterocycles. The molecule has 12 heteroatoms. The molecule has 3 aromatic rings. The number of nitrogens with zero attached hydrogens (tertiary/aromatic N) is 3. The lowest BCUT2D eigenvalue weighted by molar-refractivity contribution is -0.385. The standard InChI is InChI=1S/C17H14ClN5O5S/c18-12-1-3-14(4-2-12)21-29(27,28)16-7-5-13(6-8-16)20-17(24)11-22-10-15(9-19-22)23(25)26/h1-10,21H,11H2,(H,20,24). The van der Waals surface area contributed by atoms with E-state index in [9.17, 15) is 23.3 Å². The Kier molecular flexibility index (Phi) is 5.80. The van der Waals surface area contributed by atoms with Crippen molar-refractivity contribution in [1.82, 2.24) is 9.78 Å². The second-order valence-electron chi connectivity index (χ2n) is 5.84. The van der Waals surface area contributed by atoms with Crippen LogP contribution in [0.25, 0.3) is 0 Å². The predicted molar refractivity (Wildman–Crippen MR) is 106 cm³/mol.